The highest BCUT2D eigenvalue weighted by Gasteiger charge is 2.41. The largest absolute Gasteiger partial charge is 0.453 e. The molecule has 0 spiro atoms. The van der Waals surface area contributed by atoms with Crippen molar-refractivity contribution in [1.82, 2.24) is 40.4 Å². The molecule has 6 atom stereocenters. The van der Waals surface area contributed by atoms with Gasteiger partial charge in [0.15, 0.2) is 11.6 Å². The molecule has 0 radical (unpaired) electrons. The smallest absolute Gasteiger partial charge is 0.407 e. The first-order valence-electron chi connectivity index (χ1n) is 25.9. The number of amides is 4. The summed E-state index contributed by atoms with van der Waals surface area (Å²) >= 11 is 0. The molecule has 4 aliphatic rings. The Balaban J connectivity index is 1.04. The van der Waals surface area contributed by atoms with Gasteiger partial charge in [-0.2, -0.15) is 0 Å². The Hall–Kier alpha value is -6.46. The summed E-state index contributed by atoms with van der Waals surface area (Å²) in [5.41, 5.74) is 5.33. The number of piperidine rings is 1. The van der Waals surface area contributed by atoms with Gasteiger partial charge in [-0.05, 0) is 123 Å². The first-order chi connectivity index (χ1) is 34.5. The molecule has 0 aliphatic carbocycles. The van der Waals surface area contributed by atoms with Crippen molar-refractivity contribution in [3.05, 3.63) is 82.9 Å². The number of H-pyrrole nitrogens is 2. The maximum atomic E-state index is 16.7. The second-order valence-corrected chi connectivity index (χ2v) is 21.2. The SMILES string of the molecule is COC(=O)N[C@H](C(=O)N1CCC[C@H]1c1nc2cc([C@H]3CC[C@H](c4ccc5[nH]c([C@@H]6CCCN6C(=O)[C@@H](NC(=O)OC)C(C)C)nc5c4)N3c3cc(F)c(N4CCC(C(C)C)CC4)c(F)c3)ccc2[nH]1)C(C)C. The van der Waals surface area contributed by atoms with Crippen LogP contribution >= 0.6 is 0 Å². The predicted octanol–water partition coefficient (Wildman–Crippen LogP) is 9.76. The summed E-state index contributed by atoms with van der Waals surface area (Å²) in [6, 6.07) is 12.4. The van der Waals surface area contributed by atoms with E-state index >= 15 is 8.78 Å². The van der Waals surface area contributed by atoms with Crippen molar-refractivity contribution in [3.63, 3.8) is 0 Å². The number of anilines is 2. The average molecular weight is 993 g/mol. The normalized spacial score (nSPS) is 21.7. The molecule has 4 amide bonds. The number of ether oxygens (including phenoxy) is 2. The minimum atomic E-state index is -0.763. The van der Waals surface area contributed by atoms with Crippen LogP contribution in [0.5, 0.6) is 0 Å². The van der Waals surface area contributed by atoms with Crippen LogP contribution in [0.1, 0.15) is 140 Å². The van der Waals surface area contributed by atoms with Crippen LogP contribution in [0.25, 0.3) is 22.1 Å². The van der Waals surface area contributed by atoms with Crippen molar-refractivity contribution in [1.29, 1.82) is 0 Å². The Kier molecular flexibility index (Phi) is 14.7. The van der Waals surface area contributed by atoms with E-state index < -0.39 is 35.9 Å². The molecular formula is C54H70F2N10O6. The molecule has 18 heteroatoms. The summed E-state index contributed by atoms with van der Waals surface area (Å²) in [6.45, 7) is 14.2. The summed E-state index contributed by atoms with van der Waals surface area (Å²) in [5, 5.41) is 5.43. The van der Waals surface area contributed by atoms with E-state index in [4.69, 9.17) is 19.4 Å². The number of fused-ring (bicyclic) bond motifs is 2. The van der Waals surface area contributed by atoms with E-state index in [0.717, 1.165) is 47.8 Å². The van der Waals surface area contributed by atoms with Crippen molar-refractivity contribution in [3.8, 4) is 0 Å². The molecule has 3 aromatic carbocycles. The minimum Gasteiger partial charge on any atom is -0.453 e. The third kappa shape index (κ3) is 9.89. The number of alkyl carbamates (subject to hydrolysis) is 2. The number of imidazole rings is 2. The molecule has 9 rings (SSSR count). The molecule has 4 N–H and O–H groups in total. The fraction of sp³-hybridized carbons (Fsp3) is 0.556. The summed E-state index contributed by atoms with van der Waals surface area (Å²) in [6.07, 6.45) is 4.75. The molecule has 386 valence electrons. The van der Waals surface area contributed by atoms with Crippen molar-refractivity contribution in [2.45, 2.75) is 129 Å². The second kappa shape index (κ2) is 20.9. The standard InChI is InChI=1S/C54H70F2N10O6/c1-29(2)32-19-23-63(24-20-32)48-36(55)27-35(28-37(48)56)66-42(33-13-15-38-40(25-33)59-49(57-38)44-11-9-21-64(44)51(67)46(30(3)4)61-53(69)71-7)17-18-43(66)34-14-16-39-41(26-34)60-50(58-39)45-12-10-22-65(45)52(68)47(31(5)6)62-54(70)72-8/h13-16,25-32,42-47H,9-12,17-24H2,1-8H3,(H,57,59)(H,58,60)(H,61,69)(H,62,70)/t42-,43-,44+,45+,46+,47+/m1/s1. The van der Waals surface area contributed by atoms with Crippen molar-refractivity contribution in [2.24, 2.45) is 23.7 Å². The first kappa shape index (κ1) is 50.5. The van der Waals surface area contributed by atoms with E-state index in [1.807, 2.05) is 69.0 Å². The van der Waals surface area contributed by atoms with Crippen LogP contribution in [0, 0.1) is 35.3 Å². The van der Waals surface area contributed by atoms with Crippen LogP contribution in [0.15, 0.2) is 48.5 Å². The molecule has 16 nitrogen and oxygen atoms in total. The molecule has 5 aromatic rings. The number of aromatic amines is 2. The average Bonchev–Trinajstić information content (AvgIpc) is 4.22. The van der Waals surface area contributed by atoms with Gasteiger partial charge < -0.3 is 49.7 Å². The number of likely N-dealkylation sites (tertiary alicyclic amines) is 2. The van der Waals surface area contributed by atoms with Crippen LogP contribution in [-0.4, -0.2) is 106 Å². The van der Waals surface area contributed by atoms with Crippen LogP contribution in [0.4, 0.5) is 29.7 Å². The molecule has 72 heavy (non-hydrogen) atoms. The molecule has 4 aliphatic heterocycles. The summed E-state index contributed by atoms with van der Waals surface area (Å²) in [5.74, 6) is 0.424. The Morgan fingerprint density at radius 2 is 1.06 bits per heavy atom. The summed E-state index contributed by atoms with van der Waals surface area (Å²) in [4.78, 5) is 77.0. The number of aromatic nitrogens is 4. The third-order valence-corrected chi connectivity index (χ3v) is 15.8. The highest BCUT2D eigenvalue weighted by Crippen LogP contribution is 2.49. The van der Waals surface area contributed by atoms with Crippen LogP contribution < -0.4 is 20.4 Å². The topological polar surface area (TPSA) is 181 Å². The lowest BCUT2D eigenvalue weighted by Gasteiger charge is -2.37. The Morgan fingerprint density at radius 1 is 0.611 bits per heavy atom. The van der Waals surface area contributed by atoms with E-state index in [0.29, 0.717) is 92.1 Å². The number of nitrogens with one attached hydrogen (secondary N) is 4. The number of halogens is 2. The van der Waals surface area contributed by atoms with E-state index in [1.54, 1.807) is 9.80 Å². The van der Waals surface area contributed by atoms with Gasteiger partial charge in [0.1, 0.15) is 29.4 Å². The first-order valence-corrected chi connectivity index (χ1v) is 25.9. The van der Waals surface area contributed by atoms with Crippen molar-refractivity contribution >= 4 is 57.4 Å². The number of methoxy groups -OCH3 is 2. The number of carbonyl (C=O) groups is 4. The maximum absolute atomic E-state index is 16.7. The zero-order valence-corrected chi connectivity index (χ0v) is 42.8. The molecule has 4 saturated heterocycles. The summed E-state index contributed by atoms with van der Waals surface area (Å²) < 4.78 is 43.0. The van der Waals surface area contributed by atoms with E-state index in [9.17, 15) is 19.2 Å². The van der Waals surface area contributed by atoms with Crippen LogP contribution in [0.2, 0.25) is 0 Å². The number of benzene rings is 3. The fourth-order valence-electron chi connectivity index (χ4n) is 11.8. The lowest BCUT2D eigenvalue weighted by Crippen LogP contribution is -2.51. The Labute approximate surface area is 419 Å². The molecule has 0 saturated carbocycles. The molecule has 0 bridgehead atoms. The fourth-order valence-corrected chi connectivity index (χ4v) is 11.8. The Bertz CT molecular complexity index is 2640. The van der Waals surface area contributed by atoms with Gasteiger partial charge in [0.05, 0.1) is 60.5 Å². The number of nitrogens with zero attached hydrogens (tertiary/aromatic N) is 6. The zero-order chi connectivity index (χ0) is 51.1. The van der Waals surface area contributed by atoms with Crippen molar-refractivity contribution < 1.29 is 37.4 Å². The maximum Gasteiger partial charge on any atom is 0.407 e. The number of hydrogen-bond donors (Lipinski definition) is 4. The monoisotopic (exact) mass is 993 g/mol. The van der Waals surface area contributed by atoms with E-state index in [1.165, 1.54) is 26.4 Å². The van der Waals surface area contributed by atoms with Gasteiger partial charge in [-0.25, -0.2) is 28.3 Å². The lowest BCUT2D eigenvalue weighted by molar-refractivity contribution is -0.136. The predicted molar refractivity (Wildman–Crippen MR) is 271 cm³/mol. The van der Waals surface area contributed by atoms with Gasteiger partial charge in [0, 0.05) is 31.9 Å². The van der Waals surface area contributed by atoms with Gasteiger partial charge in [0.25, 0.3) is 0 Å². The van der Waals surface area contributed by atoms with Gasteiger partial charge in [-0.3, -0.25) is 9.59 Å². The van der Waals surface area contributed by atoms with Crippen LogP contribution in [0.3, 0.4) is 0 Å². The van der Waals surface area contributed by atoms with E-state index in [2.05, 4.69) is 39.3 Å². The quantitative estimate of drug-likeness (QED) is 0.0887. The van der Waals surface area contributed by atoms with Gasteiger partial charge in [-0.15, -0.1) is 0 Å². The molecule has 6 heterocycles. The summed E-state index contributed by atoms with van der Waals surface area (Å²) in [7, 11) is 2.55. The molecule has 4 fully saturated rings. The molecule has 2 aromatic heterocycles. The number of rotatable bonds is 13. The number of carbonyl (C=O) groups excluding carboxylic acids is 4. The van der Waals surface area contributed by atoms with Gasteiger partial charge in [0.2, 0.25) is 11.8 Å². The van der Waals surface area contributed by atoms with E-state index in [-0.39, 0.29) is 53.5 Å². The van der Waals surface area contributed by atoms with Gasteiger partial charge in [-0.1, -0.05) is 53.7 Å². The highest BCUT2D eigenvalue weighted by molar-refractivity contribution is 5.88. The van der Waals surface area contributed by atoms with Gasteiger partial charge >= 0.3 is 12.2 Å². The second-order valence-electron chi connectivity index (χ2n) is 21.2. The lowest BCUT2D eigenvalue weighted by atomic mass is 9.86. The Morgan fingerprint density at radius 3 is 1.46 bits per heavy atom. The third-order valence-electron chi connectivity index (χ3n) is 15.8. The van der Waals surface area contributed by atoms with Crippen LogP contribution in [-0.2, 0) is 19.1 Å². The zero-order valence-electron chi connectivity index (χ0n) is 42.8. The minimum absolute atomic E-state index is 0.0182. The molecular weight excluding hydrogens is 923 g/mol. The van der Waals surface area contributed by atoms with Crippen molar-refractivity contribution in [2.75, 3.05) is 50.2 Å². The molecule has 0 unspecified atom stereocenters. The highest BCUT2D eigenvalue weighted by atomic mass is 19.1. The number of hydrogen-bond acceptors (Lipinski definition) is 10.